The molecule has 2 nitrogen and oxygen atoms in total. The fourth-order valence-electron chi connectivity index (χ4n) is 1.39. The van der Waals surface area contributed by atoms with E-state index < -0.39 is 0 Å². The highest BCUT2D eigenvalue weighted by atomic mass is 35.5. The van der Waals surface area contributed by atoms with Gasteiger partial charge >= 0.3 is 0 Å². The Hall–Kier alpha value is -1.38. The molecule has 0 aliphatic rings. The van der Waals surface area contributed by atoms with Crippen molar-refractivity contribution in [2.75, 3.05) is 0 Å². The number of hydrogen-bond donors (Lipinski definition) is 1. The van der Waals surface area contributed by atoms with Gasteiger partial charge in [-0.2, -0.15) is 0 Å². The van der Waals surface area contributed by atoms with Crippen LogP contribution in [-0.4, -0.2) is 5.11 Å². The first-order valence-corrected chi connectivity index (χ1v) is 5.78. The van der Waals surface area contributed by atoms with Crippen LogP contribution in [0.5, 0.6) is 11.5 Å². The van der Waals surface area contributed by atoms with Gasteiger partial charge in [0.25, 0.3) is 0 Å². The highest BCUT2D eigenvalue weighted by Gasteiger charge is 2.11. The van der Waals surface area contributed by atoms with Crippen molar-refractivity contribution in [1.82, 2.24) is 0 Å². The maximum atomic E-state index is 9.63. The molecular formula is C13H10Cl2O2. The van der Waals surface area contributed by atoms with Crippen LogP contribution in [0.3, 0.4) is 0 Å². The van der Waals surface area contributed by atoms with Crippen molar-refractivity contribution >= 4 is 23.2 Å². The quantitative estimate of drug-likeness (QED) is 0.901. The highest BCUT2D eigenvalue weighted by Crippen LogP contribution is 2.39. The summed E-state index contributed by atoms with van der Waals surface area (Å²) in [6.45, 7) is 0.328. The fraction of sp³-hybridized carbons (Fsp3) is 0.0769. The molecule has 0 amide bonds. The van der Waals surface area contributed by atoms with E-state index in [1.807, 2.05) is 30.3 Å². The van der Waals surface area contributed by atoms with E-state index in [-0.39, 0.29) is 16.5 Å². The lowest BCUT2D eigenvalue weighted by atomic mass is 10.2. The summed E-state index contributed by atoms with van der Waals surface area (Å²) >= 11 is 11.8. The van der Waals surface area contributed by atoms with E-state index in [0.717, 1.165) is 5.56 Å². The molecule has 0 aliphatic heterocycles. The minimum Gasteiger partial charge on any atom is -0.504 e. The van der Waals surface area contributed by atoms with Crippen LogP contribution in [0.15, 0.2) is 42.5 Å². The second-order valence-electron chi connectivity index (χ2n) is 3.48. The first kappa shape index (κ1) is 12.1. The van der Waals surface area contributed by atoms with Gasteiger partial charge in [0, 0.05) is 0 Å². The summed E-state index contributed by atoms with van der Waals surface area (Å²) in [5, 5.41) is 10.2. The van der Waals surface area contributed by atoms with Crippen LogP contribution in [0, 0.1) is 0 Å². The van der Waals surface area contributed by atoms with Gasteiger partial charge in [-0.25, -0.2) is 0 Å². The lowest BCUT2D eigenvalue weighted by Gasteiger charge is -2.10. The first-order valence-electron chi connectivity index (χ1n) is 5.02. The Morgan fingerprint density at radius 1 is 1.00 bits per heavy atom. The van der Waals surface area contributed by atoms with E-state index in [4.69, 9.17) is 27.9 Å². The molecule has 2 aromatic carbocycles. The molecule has 0 atom stereocenters. The van der Waals surface area contributed by atoms with Crippen molar-refractivity contribution in [3.8, 4) is 11.5 Å². The lowest BCUT2D eigenvalue weighted by Crippen LogP contribution is -1.96. The lowest BCUT2D eigenvalue weighted by molar-refractivity contribution is 0.289. The summed E-state index contributed by atoms with van der Waals surface area (Å²) in [5.41, 5.74) is 0.989. The number of phenolic OH excluding ortho intramolecular Hbond substituents is 1. The Labute approximate surface area is 109 Å². The van der Waals surface area contributed by atoms with E-state index in [2.05, 4.69) is 0 Å². The van der Waals surface area contributed by atoms with Gasteiger partial charge in [0.2, 0.25) is 0 Å². The summed E-state index contributed by atoms with van der Waals surface area (Å²) < 4.78 is 5.47. The Morgan fingerprint density at radius 2 is 1.71 bits per heavy atom. The highest BCUT2D eigenvalue weighted by molar-refractivity contribution is 6.43. The number of phenols is 1. The van der Waals surface area contributed by atoms with Crippen LogP contribution in [0.4, 0.5) is 0 Å². The summed E-state index contributed by atoms with van der Waals surface area (Å²) in [6.07, 6.45) is 0. The molecule has 0 saturated carbocycles. The van der Waals surface area contributed by atoms with Gasteiger partial charge in [0.05, 0.1) is 5.02 Å². The molecule has 2 aromatic rings. The Balaban J connectivity index is 2.17. The summed E-state index contributed by atoms with van der Waals surface area (Å²) in [7, 11) is 0. The first-order chi connectivity index (χ1) is 8.18. The standard InChI is InChI=1S/C13H10Cl2O2/c14-10-6-7-11(16)13(12(10)15)17-8-9-4-2-1-3-5-9/h1-7,16H,8H2. The Morgan fingerprint density at radius 3 is 2.41 bits per heavy atom. The van der Waals surface area contributed by atoms with E-state index >= 15 is 0 Å². The van der Waals surface area contributed by atoms with Gasteiger partial charge in [0.15, 0.2) is 11.5 Å². The molecule has 0 radical (unpaired) electrons. The number of ether oxygens (including phenoxy) is 1. The Kier molecular flexibility index (Phi) is 3.77. The van der Waals surface area contributed by atoms with Gasteiger partial charge in [0.1, 0.15) is 11.6 Å². The van der Waals surface area contributed by atoms with Crippen LogP contribution in [0.25, 0.3) is 0 Å². The van der Waals surface area contributed by atoms with Crippen LogP contribution in [0.2, 0.25) is 10.0 Å². The zero-order chi connectivity index (χ0) is 12.3. The van der Waals surface area contributed by atoms with Crippen LogP contribution < -0.4 is 4.74 Å². The zero-order valence-electron chi connectivity index (χ0n) is 8.86. The van der Waals surface area contributed by atoms with Crippen LogP contribution in [-0.2, 0) is 6.61 Å². The third-order valence-corrected chi connectivity index (χ3v) is 3.04. The normalized spacial score (nSPS) is 10.2. The van der Waals surface area contributed by atoms with Crippen molar-refractivity contribution in [1.29, 1.82) is 0 Å². The number of aromatic hydroxyl groups is 1. The van der Waals surface area contributed by atoms with Crippen LogP contribution in [0.1, 0.15) is 5.56 Å². The summed E-state index contributed by atoms with van der Waals surface area (Å²) in [5.74, 6) is 0.193. The van der Waals surface area contributed by atoms with Gasteiger partial charge in [-0.15, -0.1) is 0 Å². The topological polar surface area (TPSA) is 29.5 Å². The van der Waals surface area contributed by atoms with Gasteiger partial charge in [-0.05, 0) is 17.7 Å². The molecule has 0 unspecified atom stereocenters. The maximum Gasteiger partial charge on any atom is 0.181 e. The number of halogens is 2. The largest absolute Gasteiger partial charge is 0.504 e. The number of rotatable bonds is 3. The van der Waals surface area contributed by atoms with Crippen molar-refractivity contribution < 1.29 is 9.84 Å². The van der Waals surface area contributed by atoms with Crippen molar-refractivity contribution in [2.45, 2.75) is 6.61 Å². The molecule has 0 aliphatic carbocycles. The molecule has 4 heteroatoms. The van der Waals surface area contributed by atoms with Crippen molar-refractivity contribution in [3.05, 3.63) is 58.1 Å². The Bertz CT molecular complexity index is 512. The number of hydrogen-bond acceptors (Lipinski definition) is 2. The molecule has 0 spiro atoms. The molecule has 0 bridgehead atoms. The van der Waals surface area contributed by atoms with Crippen molar-refractivity contribution in [3.63, 3.8) is 0 Å². The molecule has 0 aromatic heterocycles. The van der Waals surface area contributed by atoms with E-state index in [1.165, 1.54) is 12.1 Å². The average Bonchev–Trinajstić information content (AvgIpc) is 2.35. The van der Waals surface area contributed by atoms with E-state index in [1.54, 1.807) is 0 Å². The van der Waals surface area contributed by atoms with Gasteiger partial charge in [-0.1, -0.05) is 53.5 Å². The van der Waals surface area contributed by atoms with Gasteiger partial charge < -0.3 is 9.84 Å². The van der Waals surface area contributed by atoms with E-state index in [9.17, 15) is 5.11 Å². The van der Waals surface area contributed by atoms with Crippen molar-refractivity contribution in [2.24, 2.45) is 0 Å². The van der Waals surface area contributed by atoms with Gasteiger partial charge in [-0.3, -0.25) is 0 Å². The second-order valence-corrected chi connectivity index (χ2v) is 4.27. The molecule has 1 N–H and O–H groups in total. The monoisotopic (exact) mass is 268 g/mol. The molecular weight excluding hydrogens is 259 g/mol. The summed E-state index contributed by atoms with van der Waals surface area (Å²) in [6, 6.07) is 12.6. The smallest absolute Gasteiger partial charge is 0.181 e. The molecule has 2 rings (SSSR count). The molecule has 17 heavy (non-hydrogen) atoms. The predicted octanol–water partition coefficient (Wildman–Crippen LogP) is 4.28. The minimum atomic E-state index is -0.0182. The molecule has 0 fully saturated rings. The number of benzene rings is 2. The van der Waals surface area contributed by atoms with Crippen LogP contribution >= 0.6 is 23.2 Å². The molecule has 0 heterocycles. The third kappa shape index (κ3) is 2.84. The third-order valence-electron chi connectivity index (χ3n) is 2.26. The fourth-order valence-corrected chi connectivity index (χ4v) is 1.75. The molecule has 0 saturated heterocycles. The zero-order valence-corrected chi connectivity index (χ0v) is 10.4. The predicted molar refractivity (Wildman–Crippen MR) is 68.9 cm³/mol. The minimum absolute atomic E-state index is 0.0182. The second kappa shape index (κ2) is 5.30. The maximum absolute atomic E-state index is 9.63. The summed E-state index contributed by atoms with van der Waals surface area (Å²) in [4.78, 5) is 0. The van der Waals surface area contributed by atoms with E-state index in [0.29, 0.717) is 11.6 Å². The molecule has 88 valence electrons. The average molecular weight is 269 g/mol. The SMILES string of the molecule is Oc1ccc(Cl)c(Cl)c1OCc1ccccc1.